The van der Waals surface area contributed by atoms with Gasteiger partial charge in [-0.3, -0.25) is 9.59 Å². The molecule has 4 rings (SSSR count). The van der Waals surface area contributed by atoms with E-state index in [2.05, 4.69) is 10.3 Å². The molecule has 3 aromatic carbocycles. The van der Waals surface area contributed by atoms with Crippen molar-refractivity contribution in [1.82, 2.24) is 4.98 Å². The van der Waals surface area contributed by atoms with Gasteiger partial charge < -0.3 is 15.0 Å². The first-order valence-electron chi connectivity index (χ1n) is 9.41. The summed E-state index contributed by atoms with van der Waals surface area (Å²) in [5, 5.41) is 4.95. The maximum Gasteiger partial charge on any atom is 0.261 e. The van der Waals surface area contributed by atoms with Gasteiger partial charge in [-0.1, -0.05) is 36.4 Å². The van der Waals surface area contributed by atoms with Gasteiger partial charge in [0, 0.05) is 11.4 Å². The normalized spacial score (nSPS) is 10.7. The third-order valence-corrected chi connectivity index (χ3v) is 4.64. The molecular weight excluding hydrogens is 364 g/mol. The van der Waals surface area contributed by atoms with Crippen LogP contribution in [0.1, 0.15) is 17.3 Å². The Labute approximate surface area is 168 Å². The zero-order chi connectivity index (χ0) is 20.2. The average molecular weight is 384 g/mol. The zero-order valence-corrected chi connectivity index (χ0v) is 15.9. The van der Waals surface area contributed by atoms with Crippen LogP contribution in [-0.4, -0.2) is 17.5 Å². The molecule has 1 heterocycles. The monoisotopic (exact) mass is 384 g/mol. The van der Waals surface area contributed by atoms with Crippen molar-refractivity contribution in [2.24, 2.45) is 0 Å². The molecule has 1 aromatic heterocycles. The average Bonchev–Trinajstić information content (AvgIpc) is 2.75. The number of hydrogen-bond donors (Lipinski definition) is 2. The molecule has 0 atom stereocenters. The molecule has 29 heavy (non-hydrogen) atoms. The summed E-state index contributed by atoms with van der Waals surface area (Å²) >= 11 is 0. The van der Waals surface area contributed by atoms with Crippen LogP contribution in [0.3, 0.4) is 0 Å². The van der Waals surface area contributed by atoms with Crippen molar-refractivity contribution in [3.63, 3.8) is 0 Å². The largest absolute Gasteiger partial charge is 0.494 e. The maximum absolute atomic E-state index is 12.5. The van der Waals surface area contributed by atoms with Gasteiger partial charge in [0.05, 0.1) is 6.61 Å². The fourth-order valence-corrected chi connectivity index (χ4v) is 3.18. The van der Waals surface area contributed by atoms with Gasteiger partial charge in [0.25, 0.3) is 11.5 Å². The van der Waals surface area contributed by atoms with Gasteiger partial charge in [-0.15, -0.1) is 0 Å². The number of amides is 1. The topological polar surface area (TPSA) is 71.2 Å². The number of benzene rings is 3. The van der Waals surface area contributed by atoms with E-state index in [9.17, 15) is 9.59 Å². The number of aromatic amines is 1. The van der Waals surface area contributed by atoms with E-state index in [1.165, 1.54) is 0 Å². The summed E-state index contributed by atoms with van der Waals surface area (Å²) in [6.07, 6.45) is 0. The summed E-state index contributed by atoms with van der Waals surface area (Å²) in [5.74, 6) is 0.267. The molecule has 0 radical (unpaired) electrons. The minimum atomic E-state index is -0.458. The summed E-state index contributed by atoms with van der Waals surface area (Å²) in [7, 11) is 0. The van der Waals surface area contributed by atoms with Crippen LogP contribution in [0.25, 0.3) is 22.0 Å². The third kappa shape index (κ3) is 4.04. The van der Waals surface area contributed by atoms with Crippen LogP contribution >= 0.6 is 0 Å². The standard InChI is InChI=1S/C24H20N2O3/c1-2-29-20-11-9-19(10-12-20)25-23(27)21-13-14-22(26-24(21)28)18-8-7-16-5-3-4-6-17(16)15-18/h3-15H,2H2,1H3,(H,25,27)(H,26,28). The lowest BCUT2D eigenvalue weighted by Gasteiger charge is -2.08. The van der Waals surface area contributed by atoms with Crippen LogP contribution < -0.4 is 15.6 Å². The van der Waals surface area contributed by atoms with E-state index in [4.69, 9.17) is 4.74 Å². The molecule has 0 bridgehead atoms. The van der Waals surface area contributed by atoms with Crippen molar-refractivity contribution >= 4 is 22.4 Å². The number of nitrogens with one attached hydrogen (secondary N) is 2. The van der Waals surface area contributed by atoms with Crippen molar-refractivity contribution < 1.29 is 9.53 Å². The molecule has 0 spiro atoms. The van der Waals surface area contributed by atoms with Gasteiger partial charge in [0.15, 0.2) is 0 Å². The van der Waals surface area contributed by atoms with E-state index in [1.54, 1.807) is 36.4 Å². The Morgan fingerprint density at radius 3 is 2.41 bits per heavy atom. The van der Waals surface area contributed by atoms with Crippen LogP contribution in [0.4, 0.5) is 5.69 Å². The second-order valence-electron chi connectivity index (χ2n) is 6.59. The molecule has 4 aromatic rings. The first kappa shape index (κ1) is 18.5. The van der Waals surface area contributed by atoms with Crippen LogP contribution in [0.5, 0.6) is 5.75 Å². The van der Waals surface area contributed by atoms with Crippen molar-refractivity contribution in [2.45, 2.75) is 6.92 Å². The summed E-state index contributed by atoms with van der Waals surface area (Å²) in [6.45, 7) is 2.48. The summed E-state index contributed by atoms with van der Waals surface area (Å²) in [5.41, 5.74) is 1.77. The lowest BCUT2D eigenvalue weighted by atomic mass is 10.0. The highest BCUT2D eigenvalue weighted by atomic mass is 16.5. The fraction of sp³-hybridized carbons (Fsp3) is 0.0833. The van der Waals surface area contributed by atoms with E-state index >= 15 is 0 Å². The van der Waals surface area contributed by atoms with Crippen molar-refractivity contribution in [2.75, 3.05) is 11.9 Å². The number of anilines is 1. The number of rotatable bonds is 5. The first-order valence-corrected chi connectivity index (χ1v) is 9.41. The molecule has 0 fully saturated rings. The lowest BCUT2D eigenvalue weighted by molar-refractivity contribution is 0.102. The molecule has 1 amide bonds. The van der Waals surface area contributed by atoms with E-state index in [0.717, 1.165) is 22.1 Å². The zero-order valence-electron chi connectivity index (χ0n) is 15.9. The molecule has 2 N–H and O–H groups in total. The van der Waals surface area contributed by atoms with E-state index < -0.39 is 11.5 Å². The number of ether oxygens (including phenoxy) is 1. The van der Waals surface area contributed by atoms with Gasteiger partial charge in [0.1, 0.15) is 11.3 Å². The number of pyridine rings is 1. The van der Waals surface area contributed by atoms with Crippen LogP contribution in [0.2, 0.25) is 0 Å². The SMILES string of the molecule is CCOc1ccc(NC(=O)c2ccc(-c3ccc4ccccc4c3)[nH]c2=O)cc1. The van der Waals surface area contributed by atoms with Gasteiger partial charge in [-0.05, 0) is 65.7 Å². The molecular formula is C24H20N2O3. The highest BCUT2D eigenvalue weighted by Gasteiger charge is 2.12. The molecule has 0 saturated carbocycles. The number of carbonyl (C=O) groups excluding carboxylic acids is 1. The second-order valence-corrected chi connectivity index (χ2v) is 6.59. The molecule has 5 heteroatoms. The minimum Gasteiger partial charge on any atom is -0.494 e. The van der Waals surface area contributed by atoms with Crippen molar-refractivity contribution in [3.8, 4) is 17.0 Å². The Balaban J connectivity index is 1.56. The Morgan fingerprint density at radius 2 is 1.69 bits per heavy atom. The highest BCUT2D eigenvalue weighted by Crippen LogP contribution is 2.22. The molecule has 0 aliphatic heterocycles. The van der Waals surface area contributed by atoms with E-state index in [-0.39, 0.29) is 5.56 Å². The van der Waals surface area contributed by atoms with E-state index in [0.29, 0.717) is 18.0 Å². The predicted molar refractivity (Wildman–Crippen MR) is 116 cm³/mol. The maximum atomic E-state index is 12.5. The van der Waals surface area contributed by atoms with E-state index in [1.807, 2.05) is 49.4 Å². The molecule has 0 saturated heterocycles. The first-order chi connectivity index (χ1) is 14.1. The molecule has 0 unspecified atom stereocenters. The number of H-pyrrole nitrogens is 1. The molecule has 144 valence electrons. The Hall–Kier alpha value is -3.86. The molecule has 0 aliphatic carbocycles. The quantitative estimate of drug-likeness (QED) is 0.517. The van der Waals surface area contributed by atoms with Crippen molar-refractivity contribution in [1.29, 1.82) is 0 Å². The minimum absolute atomic E-state index is 0.0587. The van der Waals surface area contributed by atoms with Crippen molar-refractivity contribution in [3.05, 3.63) is 94.8 Å². The van der Waals surface area contributed by atoms with Crippen LogP contribution in [-0.2, 0) is 0 Å². The second kappa shape index (κ2) is 8.02. The smallest absolute Gasteiger partial charge is 0.261 e. The van der Waals surface area contributed by atoms with Gasteiger partial charge in [0.2, 0.25) is 0 Å². The summed E-state index contributed by atoms with van der Waals surface area (Å²) < 4.78 is 5.38. The summed E-state index contributed by atoms with van der Waals surface area (Å²) in [4.78, 5) is 27.8. The Bertz CT molecular complexity index is 1230. The van der Waals surface area contributed by atoms with Crippen LogP contribution in [0.15, 0.2) is 83.7 Å². The van der Waals surface area contributed by atoms with Gasteiger partial charge >= 0.3 is 0 Å². The number of aromatic nitrogens is 1. The number of hydrogen-bond acceptors (Lipinski definition) is 3. The Kier molecular flexibility index (Phi) is 5.12. The van der Waals surface area contributed by atoms with Crippen LogP contribution in [0, 0.1) is 0 Å². The number of fused-ring (bicyclic) bond motifs is 1. The predicted octanol–water partition coefficient (Wildman–Crippen LogP) is 4.85. The third-order valence-electron chi connectivity index (χ3n) is 4.64. The van der Waals surface area contributed by atoms with Gasteiger partial charge in [-0.25, -0.2) is 0 Å². The van der Waals surface area contributed by atoms with Gasteiger partial charge in [-0.2, -0.15) is 0 Å². The summed E-state index contributed by atoms with van der Waals surface area (Å²) in [6, 6.07) is 24.3. The lowest BCUT2D eigenvalue weighted by Crippen LogP contribution is -2.23. The Morgan fingerprint density at radius 1 is 0.931 bits per heavy atom. The fourth-order valence-electron chi connectivity index (χ4n) is 3.18. The molecule has 0 aliphatic rings. The highest BCUT2D eigenvalue weighted by molar-refractivity contribution is 6.04. The molecule has 5 nitrogen and oxygen atoms in total. The number of carbonyl (C=O) groups is 1.